The number of aliphatic imine (C=N–C) groups is 1. The number of benzene rings is 1. The van der Waals surface area contributed by atoms with Crippen LogP contribution in [0.4, 0.5) is 0 Å². The van der Waals surface area contributed by atoms with E-state index in [9.17, 15) is 0 Å². The number of guanidine groups is 1. The lowest BCUT2D eigenvalue weighted by Gasteiger charge is -2.23. The highest BCUT2D eigenvalue weighted by atomic mass is 15.1. The molecule has 1 saturated carbocycles. The van der Waals surface area contributed by atoms with Crippen molar-refractivity contribution in [3.05, 3.63) is 36.0 Å². The zero-order valence-corrected chi connectivity index (χ0v) is 11.7. The molecule has 1 aromatic heterocycles. The van der Waals surface area contributed by atoms with Crippen LogP contribution < -0.4 is 11.1 Å². The Morgan fingerprint density at radius 3 is 3.05 bits per heavy atom. The third-order valence-electron chi connectivity index (χ3n) is 4.13. The van der Waals surface area contributed by atoms with Crippen molar-refractivity contribution < 1.29 is 0 Å². The zero-order chi connectivity index (χ0) is 13.8. The fraction of sp³-hybridized carbons (Fsp3) is 0.438. The molecule has 1 fully saturated rings. The summed E-state index contributed by atoms with van der Waals surface area (Å²) in [7, 11) is 0. The SMILES string of the molecule is NC(=NCC1CCC1)NCCc1cccc2[nH]ccc12. The van der Waals surface area contributed by atoms with Crippen molar-refractivity contribution in [1.29, 1.82) is 0 Å². The van der Waals surface area contributed by atoms with Crippen molar-refractivity contribution in [2.24, 2.45) is 16.6 Å². The Labute approximate surface area is 119 Å². The predicted octanol–water partition coefficient (Wildman–Crippen LogP) is 2.41. The number of rotatable bonds is 5. The summed E-state index contributed by atoms with van der Waals surface area (Å²) in [5, 5.41) is 4.50. The second-order valence-corrected chi connectivity index (χ2v) is 5.56. The van der Waals surface area contributed by atoms with Crippen molar-refractivity contribution >= 4 is 16.9 Å². The fourth-order valence-electron chi connectivity index (χ4n) is 2.65. The number of nitrogens with one attached hydrogen (secondary N) is 2. The number of aromatic nitrogens is 1. The van der Waals surface area contributed by atoms with Gasteiger partial charge in [-0.1, -0.05) is 18.6 Å². The zero-order valence-electron chi connectivity index (χ0n) is 11.7. The lowest BCUT2D eigenvalue weighted by molar-refractivity contribution is 0.326. The highest BCUT2D eigenvalue weighted by Crippen LogP contribution is 2.26. The van der Waals surface area contributed by atoms with Gasteiger partial charge in [-0.3, -0.25) is 4.99 Å². The molecule has 3 rings (SSSR count). The van der Waals surface area contributed by atoms with Gasteiger partial charge in [0, 0.05) is 30.2 Å². The minimum Gasteiger partial charge on any atom is -0.370 e. The number of nitrogens with zero attached hydrogens (tertiary/aromatic N) is 1. The molecule has 4 nitrogen and oxygen atoms in total. The molecular formula is C16H22N4. The standard InChI is InChI=1S/C16H22N4/c17-16(20-11-12-3-1-4-12)19-9-7-13-5-2-6-15-14(13)8-10-18-15/h2,5-6,8,10,12,18H,1,3-4,7,9,11H2,(H3,17,19,20). The van der Waals surface area contributed by atoms with Gasteiger partial charge in [-0.05, 0) is 42.9 Å². The van der Waals surface area contributed by atoms with Crippen LogP contribution in [0.15, 0.2) is 35.5 Å². The summed E-state index contributed by atoms with van der Waals surface area (Å²) in [5.41, 5.74) is 8.42. The number of H-pyrrole nitrogens is 1. The topological polar surface area (TPSA) is 66.2 Å². The molecule has 0 spiro atoms. The van der Waals surface area contributed by atoms with Crippen LogP contribution in [0.2, 0.25) is 0 Å². The fourth-order valence-corrected chi connectivity index (χ4v) is 2.65. The summed E-state index contributed by atoms with van der Waals surface area (Å²) in [4.78, 5) is 7.64. The van der Waals surface area contributed by atoms with Crippen LogP contribution >= 0.6 is 0 Å². The normalized spacial score (nSPS) is 16.3. The van der Waals surface area contributed by atoms with Crippen LogP contribution in [0, 0.1) is 5.92 Å². The van der Waals surface area contributed by atoms with E-state index in [0.717, 1.165) is 25.4 Å². The van der Waals surface area contributed by atoms with Crippen LogP contribution in [0.1, 0.15) is 24.8 Å². The summed E-state index contributed by atoms with van der Waals surface area (Å²) in [6, 6.07) is 8.47. The van der Waals surface area contributed by atoms with Gasteiger partial charge in [0.15, 0.2) is 5.96 Å². The molecule has 0 unspecified atom stereocenters. The summed E-state index contributed by atoms with van der Waals surface area (Å²) in [5.74, 6) is 1.35. The third kappa shape index (κ3) is 2.95. The lowest BCUT2D eigenvalue weighted by atomic mass is 9.86. The molecule has 2 aromatic rings. The number of hydrogen-bond acceptors (Lipinski definition) is 1. The van der Waals surface area contributed by atoms with Gasteiger partial charge in [-0.15, -0.1) is 0 Å². The van der Waals surface area contributed by atoms with Gasteiger partial charge in [0.25, 0.3) is 0 Å². The molecular weight excluding hydrogens is 248 g/mol. The van der Waals surface area contributed by atoms with E-state index in [2.05, 4.69) is 39.6 Å². The Morgan fingerprint density at radius 1 is 1.35 bits per heavy atom. The van der Waals surface area contributed by atoms with E-state index in [-0.39, 0.29) is 0 Å². The second-order valence-electron chi connectivity index (χ2n) is 5.56. The maximum absolute atomic E-state index is 5.89. The molecule has 0 bridgehead atoms. The molecule has 1 aromatic carbocycles. The average molecular weight is 270 g/mol. The summed E-state index contributed by atoms with van der Waals surface area (Å²) in [6.45, 7) is 1.70. The smallest absolute Gasteiger partial charge is 0.188 e. The number of nitrogens with two attached hydrogens (primary N) is 1. The van der Waals surface area contributed by atoms with Gasteiger partial charge in [-0.2, -0.15) is 0 Å². The molecule has 106 valence electrons. The van der Waals surface area contributed by atoms with Crippen LogP contribution in [0.5, 0.6) is 0 Å². The summed E-state index contributed by atoms with van der Waals surface area (Å²) in [6.07, 6.45) is 6.91. The largest absolute Gasteiger partial charge is 0.370 e. The maximum Gasteiger partial charge on any atom is 0.188 e. The monoisotopic (exact) mass is 270 g/mol. The van der Waals surface area contributed by atoms with E-state index in [0.29, 0.717) is 5.96 Å². The maximum atomic E-state index is 5.89. The van der Waals surface area contributed by atoms with Crippen LogP contribution in [0.25, 0.3) is 10.9 Å². The van der Waals surface area contributed by atoms with Gasteiger partial charge in [0.1, 0.15) is 0 Å². The number of aromatic amines is 1. The Kier molecular flexibility index (Phi) is 3.90. The van der Waals surface area contributed by atoms with E-state index < -0.39 is 0 Å². The van der Waals surface area contributed by atoms with Gasteiger partial charge >= 0.3 is 0 Å². The Bertz CT molecular complexity index is 595. The van der Waals surface area contributed by atoms with Crippen LogP contribution in [-0.2, 0) is 6.42 Å². The first kappa shape index (κ1) is 13.0. The molecule has 20 heavy (non-hydrogen) atoms. The minimum absolute atomic E-state index is 0.582. The first-order chi connectivity index (χ1) is 9.83. The molecule has 0 atom stereocenters. The predicted molar refractivity (Wildman–Crippen MR) is 83.8 cm³/mol. The van der Waals surface area contributed by atoms with Crippen molar-refractivity contribution in [2.45, 2.75) is 25.7 Å². The second kappa shape index (κ2) is 5.99. The molecule has 4 heteroatoms. The van der Waals surface area contributed by atoms with Crippen LogP contribution in [-0.4, -0.2) is 24.0 Å². The van der Waals surface area contributed by atoms with Gasteiger partial charge in [-0.25, -0.2) is 0 Å². The van der Waals surface area contributed by atoms with Crippen LogP contribution in [0.3, 0.4) is 0 Å². The van der Waals surface area contributed by atoms with Gasteiger partial charge < -0.3 is 16.0 Å². The number of fused-ring (bicyclic) bond motifs is 1. The first-order valence-electron chi connectivity index (χ1n) is 7.42. The van der Waals surface area contributed by atoms with Crippen molar-refractivity contribution in [3.63, 3.8) is 0 Å². The molecule has 0 saturated heterocycles. The molecule has 0 aliphatic heterocycles. The summed E-state index contributed by atoms with van der Waals surface area (Å²) < 4.78 is 0. The quantitative estimate of drug-likeness (QED) is 0.577. The molecule has 1 aliphatic rings. The molecule has 1 heterocycles. The molecule has 4 N–H and O–H groups in total. The first-order valence-corrected chi connectivity index (χ1v) is 7.42. The highest BCUT2D eigenvalue weighted by molar-refractivity contribution is 5.83. The van der Waals surface area contributed by atoms with E-state index in [4.69, 9.17) is 5.73 Å². The lowest BCUT2D eigenvalue weighted by Crippen LogP contribution is -2.34. The van der Waals surface area contributed by atoms with E-state index in [1.807, 2.05) is 6.20 Å². The minimum atomic E-state index is 0.582. The van der Waals surface area contributed by atoms with Crippen molar-refractivity contribution in [3.8, 4) is 0 Å². The van der Waals surface area contributed by atoms with Gasteiger partial charge in [0.05, 0.1) is 0 Å². The highest BCUT2D eigenvalue weighted by Gasteiger charge is 2.16. The third-order valence-corrected chi connectivity index (χ3v) is 4.13. The Balaban J connectivity index is 1.50. The molecule has 0 radical (unpaired) electrons. The van der Waals surface area contributed by atoms with Crippen molar-refractivity contribution in [2.75, 3.05) is 13.1 Å². The Morgan fingerprint density at radius 2 is 2.25 bits per heavy atom. The number of hydrogen-bond donors (Lipinski definition) is 3. The average Bonchev–Trinajstić information content (AvgIpc) is 2.86. The Hall–Kier alpha value is -1.97. The van der Waals surface area contributed by atoms with E-state index in [1.165, 1.54) is 35.7 Å². The van der Waals surface area contributed by atoms with Crippen molar-refractivity contribution in [1.82, 2.24) is 10.3 Å². The van der Waals surface area contributed by atoms with E-state index in [1.54, 1.807) is 0 Å². The van der Waals surface area contributed by atoms with E-state index >= 15 is 0 Å². The molecule has 1 aliphatic carbocycles. The molecule has 0 amide bonds. The summed E-state index contributed by atoms with van der Waals surface area (Å²) >= 11 is 0. The van der Waals surface area contributed by atoms with Gasteiger partial charge in [0.2, 0.25) is 0 Å².